The van der Waals surface area contributed by atoms with Crippen molar-refractivity contribution in [2.45, 2.75) is 25.8 Å². The van der Waals surface area contributed by atoms with Gasteiger partial charge in [-0.3, -0.25) is 9.69 Å². The zero-order chi connectivity index (χ0) is 17.4. The van der Waals surface area contributed by atoms with E-state index in [0.29, 0.717) is 0 Å². The summed E-state index contributed by atoms with van der Waals surface area (Å²) in [6.07, 6.45) is 6.55. The number of anilines is 1. The average Bonchev–Trinajstić information content (AvgIpc) is 3.21. The van der Waals surface area contributed by atoms with Crippen LogP contribution in [0.2, 0.25) is 5.02 Å². The summed E-state index contributed by atoms with van der Waals surface area (Å²) in [6.45, 7) is 3.53. The highest BCUT2D eigenvalue weighted by Crippen LogP contribution is 2.33. The number of aromatic nitrogens is 2. The Labute approximate surface area is 153 Å². The second-order valence-corrected chi connectivity index (χ2v) is 7.45. The molecule has 4 rings (SSSR count). The van der Waals surface area contributed by atoms with Crippen molar-refractivity contribution in [1.29, 1.82) is 0 Å². The van der Waals surface area contributed by atoms with Gasteiger partial charge in [0.1, 0.15) is 5.82 Å². The molecule has 0 saturated carbocycles. The second-order valence-electron chi connectivity index (χ2n) is 7.02. The van der Waals surface area contributed by atoms with Crippen LogP contribution in [0.5, 0.6) is 0 Å². The van der Waals surface area contributed by atoms with Gasteiger partial charge in [-0.1, -0.05) is 11.6 Å². The molecule has 0 unspecified atom stereocenters. The van der Waals surface area contributed by atoms with Crippen LogP contribution in [0.25, 0.3) is 0 Å². The molecule has 5 nitrogen and oxygen atoms in total. The number of carbonyl (C=O) groups is 1. The van der Waals surface area contributed by atoms with Crippen LogP contribution in [-0.4, -0.2) is 40.0 Å². The molecule has 0 bridgehead atoms. The van der Waals surface area contributed by atoms with Crippen molar-refractivity contribution in [1.82, 2.24) is 14.5 Å². The average molecular weight is 359 g/mol. The summed E-state index contributed by atoms with van der Waals surface area (Å²) in [7, 11) is 2.02. The zero-order valence-electron chi connectivity index (χ0n) is 14.5. The maximum absolute atomic E-state index is 13.0. The highest BCUT2D eigenvalue weighted by atomic mass is 35.5. The van der Waals surface area contributed by atoms with E-state index in [4.69, 9.17) is 11.6 Å². The molecule has 2 aromatic rings. The van der Waals surface area contributed by atoms with Gasteiger partial charge >= 0.3 is 0 Å². The fourth-order valence-electron chi connectivity index (χ4n) is 3.91. The minimum absolute atomic E-state index is 0.124. The van der Waals surface area contributed by atoms with E-state index in [2.05, 4.69) is 14.5 Å². The third-order valence-corrected chi connectivity index (χ3v) is 5.66. The number of carbonyl (C=O) groups excluding carboxylic acids is 1. The van der Waals surface area contributed by atoms with Crippen molar-refractivity contribution < 1.29 is 4.79 Å². The van der Waals surface area contributed by atoms with E-state index >= 15 is 0 Å². The van der Waals surface area contributed by atoms with E-state index in [0.717, 1.165) is 62.0 Å². The van der Waals surface area contributed by atoms with Crippen LogP contribution in [0.15, 0.2) is 30.6 Å². The van der Waals surface area contributed by atoms with Gasteiger partial charge in [0.15, 0.2) is 0 Å². The number of nitrogens with zero attached hydrogens (tertiary/aromatic N) is 4. The predicted molar refractivity (Wildman–Crippen MR) is 98.7 cm³/mol. The number of halogens is 1. The lowest BCUT2D eigenvalue weighted by atomic mass is 9.95. The summed E-state index contributed by atoms with van der Waals surface area (Å²) in [6, 6.07) is 5.85. The molecule has 1 aromatic carbocycles. The standard InChI is InChI=1S/C19H23ClN4O/c1-22-11-7-21-18(22)13-23-8-4-14(5-9-23)19(25)24-10-6-15-12-16(20)2-3-17(15)24/h2-3,7,11-12,14H,4-6,8-10,13H2,1H3. The molecule has 3 heterocycles. The number of rotatable bonds is 3. The first-order valence-corrected chi connectivity index (χ1v) is 9.28. The number of aryl methyl sites for hydroxylation is 1. The van der Waals surface area contributed by atoms with Gasteiger partial charge in [0.25, 0.3) is 0 Å². The molecule has 2 aliphatic heterocycles. The Morgan fingerprint density at radius 2 is 2.08 bits per heavy atom. The molecule has 1 fully saturated rings. The van der Waals surface area contributed by atoms with Crippen molar-refractivity contribution in [3.05, 3.63) is 47.0 Å². The number of benzene rings is 1. The molecule has 1 aromatic heterocycles. The molecule has 0 spiro atoms. The maximum Gasteiger partial charge on any atom is 0.230 e. The fraction of sp³-hybridized carbons (Fsp3) is 0.474. The van der Waals surface area contributed by atoms with Crippen LogP contribution in [0, 0.1) is 5.92 Å². The van der Waals surface area contributed by atoms with Gasteiger partial charge < -0.3 is 9.47 Å². The van der Waals surface area contributed by atoms with E-state index < -0.39 is 0 Å². The lowest BCUT2D eigenvalue weighted by Gasteiger charge is -2.33. The second kappa shape index (κ2) is 6.81. The number of fused-ring (bicyclic) bond motifs is 1. The molecular weight excluding hydrogens is 336 g/mol. The van der Waals surface area contributed by atoms with Crippen LogP contribution in [0.3, 0.4) is 0 Å². The van der Waals surface area contributed by atoms with Crippen LogP contribution < -0.4 is 4.90 Å². The van der Waals surface area contributed by atoms with E-state index in [1.807, 2.05) is 42.5 Å². The van der Waals surface area contributed by atoms with Crippen LogP contribution in [0.4, 0.5) is 5.69 Å². The van der Waals surface area contributed by atoms with E-state index in [9.17, 15) is 4.79 Å². The van der Waals surface area contributed by atoms with Crippen LogP contribution in [-0.2, 0) is 24.8 Å². The summed E-state index contributed by atoms with van der Waals surface area (Å²) >= 11 is 6.07. The summed E-state index contributed by atoms with van der Waals surface area (Å²) in [5.74, 6) is 1.48. The summed E-state index contributed by atoms with van der Waals surface area (Å²) in [5.41, 5.74) is 2.23. The highest BCUT2D eigenvalue weighted by Gasteiger charge is 2.32. The Balaban J connectivity index is 1.37. The smallest absolute Gasteiger partial charge is 0.230 e. The molecule has 1 saturated heterocycles. The number of amides is 1. The van der Waals surface area contributed by atoms with Crippen molar-refractivity contribution >= 4 is 23.2 Å². The zero-order valence-corrected chi connectivity index (χ0v) is 15.2. The lowest BCUT2D eigenvalue weighted by Crippen LogP contribution is -2.42. The molecular formula is C19H23ClN4O. The Morgan fingerprint density at radius 3 is 2.80 bits per heavy atom. The predicted octanol–water partition coefficient (Wildman–Crippen LogP) is 2.87. The van der Waals surface area contributed by atoms with Crippen molar-refractivity contribution in [2.24, 2.45) is 13.0 Å². The fourth-order valence-corrected chi connectivity index (χ4v) is 4.10. The van der Waals surface area contributed by atoms with Crippen molar-refractivity contribution in [3.63, 3.8) is 0 Å². The summed E-state index contributed by atoms with van der Waals surface area (Å²) in [4.78, 5) is 21.7. The highest BCUT2D eigenvalue weighted by molar-refractivity contribution is 6.30. The molecule has 25 heavy (non-hydrogen) atoms. The van der Waals surface area contributed by atoms with Crippen LogP contribution in [0.1, 0.15) is 24.2 Å². The Hall–Kier alpha value is -1.85. The van der Waals surface area contributed by atoms with Gasteiger partial charge in [0.05, 0.1) is 6.54 Å². The van der Waals surface area contributed by atoms with Gasteiger partial charge in [-0.05, 0) is 56.1 Å². The molecule has 0 N–H and O–H groups in total. The first kappa shape index (κ1) is 16.6. The van der Waals surface area contributed by atoms with Gasteiger partial charge in [-0.25, -0.2) is 4.98 Å². The Morgan fingerprint density at radius 1 is 1.28 bits per heavy atom. The number of hydrogen-bond acceptors (Lipinski definition) is 3. The Kier molecular flexibility index (Phi) is 4.52. The lowest BCUT2D eigenvalue weighted by molar-refractivity contribution is -0.123. The molecule has 0 aliphatic carbocycles. The molecule has 0 atom stereocenters. The third-order valence-electron chi connectivity index (χ3n) is 5.43. The van der Waals surface area contributed by atoms with Gasteiger partial charge in [-0.15, -0.1) is 0 Å². The maximum atomic E-state index is 13.0. The number of hydrogen-bond donors (Lipinski definition) is 0. The largest absolute Gasteiger partial charge is 0.337 e. The monoisotopic (exact) mass is 358 g/mol. The van der Waals surface area contributed by atoms with E-state index in [1.54, 1.807) is 0 Å². The first-order valence-electron chi connectivity index (χ1n) is 8.90. The molecule has 6 heteroatoms. The van der Waals surface area contributed by atoms with E-state index in [-0.39, 0.29) is 11.8 Å². The van der Waals surface area contributed by atoms with Gasteiger partial charge in [-0.2, -0.15) is 0 Å². The summed E-state index contributed by atoms with van der Waals surface area (Å²) < 4.78 is 2.06. The van der Waals surface area contributed by atoms with E-state index in [1.165, 1.54) is 5.56 Å². The third kappa shape index (κ3) is 3.31. The summed E-state index contributed by atoms with van der Waals surface area (Å²) in [5, 5.41) is 0.746. The quantitative estimate of drug-likeness (QED) is 0.847. The van der Waals surface area contributed by atoms with Crippen molar-refractivity contribution in [2.75, 3.05) is 24.5 Å². The molecule has 0 radical (unpaired) electrons. The molecule has 2 aliphatic rings. The topological polar surface area (TPSA) is 41.4 Å². The normalized spacial score (nSPS) is 18.6. The van der Waals surface area contributed by atoms with Gasteiger partial charge in [0.2, 0.25) is 5.91 Å². The number of piperidine rings is 1. The molecule has 1 amide bonds. The number of imidazole rings is 1. The SMILES string of the molecule is Cn1ccnc1CN1CCC(C(=O)N2CCc3cc(Cl)ccc32)CC1. The van der Waals surface area contributed by atoms with Crippen molar-refractivity contribution in [3.8, 4) is 0 Å². The first-order chi connectivity index (χ1) is 12.1. The van der Waals surface area contributed by atoms with Crippen LogP contribution >= 0.6 is 11.6 Å². The number of likely N-dealkylation sites (tertiary alicyclic amines) is 1. The van der Waals surface area contributed by atoms with Gasteiger partial charge in [0, 0.05) is 42.6 Å². The minimum Gasteiger partial charge on any atom is -0.337 e. The minimum atomic E-state index is 0.124. The molecule has 132 valence electrons. The Bertz CT molecular complexity index is 779.